The maximum absolute atomic E-state index is 4.72. The lowest BCUT2D eigenvalue weighted by molar-refractivity contribution is 0.0171. The lowest BCUT2D eigenvalue weighted by atomic mass is 10.1. The van der Waals surface area contributed by atoms with Crippen LogP contribution in [0.4, 0.5) is 0 Å². The molecule has 0 bridgehead atoms. The molecule has 0 aromatic carbocycles. The van der Waals surface area contributed by atoms with E-state index in [1.54, 1.807) is 0 Å². The maximum Gasteiger partial charge on any atom is 0.106 e. The van der Waals surface area contributed by atoms with Crippen molar-refractivity contribution in [1.82, 2.24) is 24.7 Å². The molecule has 112 valence electrons. The van der Waals surface area contributed by atoms with Gasteiger partial charge in [0.1, 0.15) is 5.82 Å². The highest BCUT2D eigenvalue weighted by molar-refractivity contribution is 5.13. The van der Waals surface area contributed by atoms with Crippen molar-refractivity contribution in [2.75, 3.05) is 46.3 Å². The van der Waals surface area contributed by atoms with Crippen LogP contribution in [0, 0.1) is 6.92 Å². The molecule has 0 spiro atoms. The predicted octanol–water partition coefficient (Wildman–Crippen LogP) is 0.712. The molecule has 1 N–H and O–H groups in total. The van der Waals surface area contributed by atoms with E-state index in [-0.39, 0.29) is 0 Å². The van der Waals surface area contributed by atoms with Crippen LogP contribution >= 0.6 is 0 Å². The quantitative estimate of drug-likeness (QED) is 0.883. The van der Waals surface area contributed by atoms with Crippen LogP contribution in [0.3, 0.4) is 0 Å². The molecule has 2 fully saturated rings. The van der Waals surface area contributed by atoms with Gasteiger partial charge in [-0.2, -0.15) is 0 Å². The number of nitrogens with zero attached hydrogens (tertiary/aromatic N) is 4. The second kappa shape index (κ2) is 5.84. The van der Waals surface area contributed by atoms with E-state index < -0.39 is 0 Å². The molecule has 2 aliphatic rings. The second-order valence-corrected chi connectivity index (χ2v) is 6.30. The Hall–Kier alpha value is -0.910. The molecule has 0 saturated carbocycles. The number of nitrogens with one attached hydrogen (secondary N) is 1. The average Bonchev–Trinajstić information content (AvgIpc) is 2.79. The van der Waals surface area contributed by atoms with Gasteiger partial charge in [0.05, 0.1) is 5.69 Å². The van der Waals surface area contributed by atoms with E-state index in [2.05, 4.69) is 40.6 Å². The third-order valence-electron chi connectivity index (χ3n) is 4.72. The molecule has 5 nitrogen and oxygen atoms in total. The first-order valence-corrected chi connectivity index (χ1v) is 7.85. The zero-order valence-corrected chi connectivity index (χ0v) is 13.0. The van der Waals surface area contributed by atoms with Crippen LogP contribution in [0.25, 0.3) is 0 Å². The van der Waals surface area contributed by atoms with Crippen molar-refractivity contribution < 1.29 is 0 Å². The smallest absolute Gasteiger partial charge is 0.106 e. The Morgan fingerprint density at radius 1 is 1.20 bits per heavy atom. The highest BCUT2D eigenvalue weighted by Crippen LogP contribution is 2.17. The molecule has 3 rings (SSSR count). The monoisotopic (exact) mass is 277 g/mol. The van der Waals surface area contributed by atoms with E-state index in [0.717, 1.165) is 18.8 Å². The van der Waals surface area contributed by atoms with Crippen LogP contribution in [-0.2, 0) is 13.0 Å². The molecule has 2 saturated heterocycles. The summed E-state index contributed by atoms with van der Waals surface area (Å²) in [6, 6.07) is 0.701. The minimum Gasteiger partial charge on any atom is -0.346 e. The fourth-order valence-corrected chi connectivity index (χ4v) is 3.42. The molecule has 3 heterocycles. The highest BCUT2D eigenvalue weighted by atomic mass is 15.3. The summed E-state index contributed by atoms with van der Waals surface area (Å²) in [5.74, 6) is 1.12. The summed E-state index contributed by atoms with van der Waals surface area (Å²) in [5.41, 5.74) is 2.48. The van der Waals surface area contributed by atoms with E-state index in [9.17, 15) is 0 Å². The third-order valence-corrected chi connectivity index (χ3v) is 4.72. The van der Waals surface area contributed by atoms with Gasteiger partial charge >= 0.3 is 0 Å². The Kier molecular flexibility index (Phi) is 4.10. The molecule has 1 aromatic heterocycles. The predicted molar refractivity (Wildman–Crippen MR) is 80.8 cm³/mol. The summed E-state index contributed by atoms with van der Waals surface area (Å²) in [7, 11) is 2.24. The summed E-state index contributed by atoms with van der Waals surface area (Å²) in [5, 5.41) is 0. The van der Waals surface area contributed by atoms with Crippen LogP contribution in [0.1, 0.15) is 24.1 Å². The average molecular weight is 277 g/mol. The lowest BCUT2D eigenvalue weighted by Crippen LogP contribution is -2.61. The van der Waals surface area contributed by atoms with Crippen molar-refractivity contribution in [3.05, 3.63) is 17.2 Å². The van der Waals surface area contributed by atoms with E-state index in [4.69, 9.17) is 4.98 Å². The number of imidazole rings is 1. The second-order valence-electron chi connectivity index (χ2n) is 6.30. The number of H-pyrrole nitrogens is 1. The minimum atomic E-state index is 0.701. The SMILES string of the molecule is CCc1nc(CN2CCN3CCN(C)C[C@@H]3C2)c(C)[nH]1. The summed E-state index contributed by atoms with van der Waals surface area (Å²) in [4.78, 5) is 15.8. The van der Waals surface area contributed by atoms with Crippen molar-refractivity contribution in [3.63, 3.8) is 0 Å². The first-order chi connectivity index (χ1) is 9.65. The number of aromatic nitrogens is 2. The van der Waals surface area contributed by atoms with Crippen LogP contribution in [-0.4, -0.2) is 77.0 Å². The van der Waals surface area contributed by atoms with Crippen molar-refractivity contribution >= 4 is 0 Å². The summed E-state index contributed by atoms with van der Waals surface area (Å²) < 4.78 is 0. The number of hydrogen-bond acceptors (Lipinski definition) is 4. The normalized spacial score (nSPS) is 25.9. The zero-order chi connectivity index (χ0) is 14.1. The standard InChI is InChI=1S/C15H27N5/c1-4-15-16-12(2)14(17-15)11-19-6-8-20-7-5-18(3)9-13(20)10-19/h13H,4-11H2,1-3H3,(H,16,17)/t13-/m1/s1. The van der Waals surface area contributed by atoms with Gasteiger partial charge in [-0.05, 0) is 14.0 Å². The van der Waals surface area contributed by atoms with E-state index in [1.807, 2.05) is 0 Å². The topological polar surface area (TPSA) is 38.4 Å². The third kappa shape index (κ3) is 2.90. The van der Waals surface area contributed by atoms with Crippen LogP contribution in [0.5, 0.6) is 0 Å². The Morgan fingerprint density at radius 3 is 2.75 bits per heavy atom. The van der Waals surface area contributed by atoms with Crippen molar-refractivity contribution in [2.24, 2.45) is 0 Å². The molecule has 0 aliphatic carbocycles. The van der Waals surface area contributed by atoms with Gasteiger partial charge in [-0.3, -0.25) is 9.80 Å². The highest BCUT2D eigenvalue weighted by Gasteiger charge is 2.31. The molecule has 1 atom stereocenters. The number of aryl methyl sites for hydroxylation is 2. The van der Waals surface area contributed by atoms with Crippen molar-refractivity contribution in [3.8, 4) is 0 Å². The molecule has 5 heteroatoms. The number of hydrogen-bond donors (Lipinski definition) is 1. The van der Waals surface area contributed by atoms with Crippen molar-refractivity contribution in [1.29, 1.82) is 0 Å². The van der Waals surface area contributed by atoms with E-state index in [0.29, 0.717) is 6.04 Å². The fraction of sp³-hybridized carbons (Fsp3) is 0.800. The number of aromatic amines is 1. The molecule has 0 radical (unpaired) electrons. The van der Waals surface area contributed by atoms with Crippen LogP contribution in [0.15, 0.2) is 0 Å². The molecule has 2 aliphatic heterocycles. The summed E-state index contributed by atoms with van der Waals surface area (Å²) >= 11 is 0. The number of piperazine rings is 2. The van der Waals surface area contributed by atoms with Gasteiger partial charge in [-0.25, -0.2) is 4.98 Å². The van der Waals surface area contributed by atoms with Gasteiger partial charge in [0, 0.05) is 64.0 Å². The molecular formula is C15H27N5. The van der Waals surface area contributed by atoms with E-state index in [1.165, 1.54) is 50.7 Å². The van der Waals surface area contributed by atoms with Gasteiger partial charge in [-0.1, -0.05) is 6.92 Å². The fourth-order valence-electron chi connectivity index (χ4n) is 3.42. The first kappa shape index (κ1) is 14.0. The van der Waals surface area contributed by atoms with Gasteiger partial charge in [0.2, 0.25) is 0 Å². The lowest BCUT2D eigenvalue weighted by Gasteiger charge is -2.46. The zero-order valence-electron chi connectivity index (χ0n) is 13.0. The van der Waals surface area contributed by atoms with E-state index >= 15 is 0 Å². The Labute approximate surface area is 122 Å². The number of likely N-dealkylation sites (N-methyl/N-ethyl adjacent to an activating group) is 1. The Morgan fingerprint density at radius 2 is 2.00 bits per heavy atom. The number of rotatable bonds is 3. The maximum atomic E-state index is 4.72. The van der Waals surface area contributed by atoms with Gasteiger partial charge < -0.3 is 9.88 Å². The van der Waals surface area contributed by atoms with Gasteiger partial charge in [0.15, 0.2) is 0 Å². The van der Waals surface area contributed by atoms with Gasteiger partial charge in [-0.15, -0.1) is 0 Å². The van der Waals surface area contributed by atoms with Gasteiger partial charge in [0.25, 0.3) is 0 Å². The minimum absolute atomic E-state index is 0.701. The molecule has 1 aromatic rings. The first-order valence-electron chi connectivity index (χ1n) is 7.85. The molecular weight excluding hydrogens is 250 g/mol. The molecule has 20 heavy (non-hydrogen) atoms. The summed E-state index contributed by atoms with van der Waals surface area (Å²) in [6.07, 6.45) is 0.988. The molecule has 0 unspecified atom stereocenters. The Balaban J connectivity index is 1.62. The van der Waals surface area contributed by atoms with Crippen LogP contribution in [0.2, 0.25) is 0 Å². The molecule has 0 amide bonds. The van der Waals surface area contributed by atoms with Crippen molar-refractivity contribution in [2.45, 2.75) is 32.9 Å². The number of fused-ring (bicyclic) bond motifs is 1. The summed E-state index contributed by atoms with van der Waals surface area (Å²) in [6.45, 7) is 12.5. The Bertz CT molecular complexity index is 455. The van der Waals surface area contributed by atoms with Crippen LogP contribution < -0.4 is 0 Å². The largest absolute Gasteiger partial charge is 0.346 e.